The van der Waals surface area contributed by atoms with Crippen LogP contribution in [0.4, 0.5) is 17.2 Å². The second-order valence-corrected chi connectivity index (χ2v) is 10.8. The summed E-state index contributed by atoms with van der Waals surface area (Å²) >= 11 is 1.38. The molecule has 8 nitrogen and oxygen atoms in total. The predicted molar refractivity (Wildman–Crippen MR) is 121 cm³/mol. The van der Waals surface area contributed by atoms with Gasteiger partial charge in [0.2, 0.25) is 0 Å². The van der Waals surface area contributed by atoms with Crippen molar-refractivity contribution in [2.75, 3.05) is 25.8 Å². The second kappa shape index (κ2) is 8.85. The molecule has 2 heterocycles. The van der Waals surface area contributed by atoms with E-state index in [2.05, 4.69) is 20.5 Å². The molecule has 0 spiro atoms. The Bertz CT molecular complexity index is 1160. The molecule has 1 N–H and O–H groups in total. The SMILES string of the molecule is CCC(=O)c1cnc(N=O)cc1Nc1cccc(-c2nc(P(C)(C)=O)cs2)c1OC. The van der Waals surface area contributed by atoms with Gasteiger partial charge >= 0.3 is 0 Å². The van der Waals surface area contributed by atoms with Gasteiger partial charge in [0.1, 0.15) is 17.6 Å². The van der Waals surface area contributed by atoms with Crippen molar-refractivity contribution in [3.05, 3.63) is 46.3 Å². The van der Waals surface area contributed by atoms with Crippen molar-refractivity contribution >= 4 is 46.9 Å². The fraction of sp³-hybridized carbons (Fsp3) is 0.250. The number of nitroso groups, excluding NO2 is 1. The molecular weight excluding hydrogens is 423 g/mol. The molecule has 0 aliphatic rings. The number of benzene rings is 1. The Morgan fingerprint density at radius 1 is 1.30 bits per heavy atom. The third kappa shape index (κ3) is 4.47. The summed E-state index contributed by atoms with van der Waals surface area (Å²) < 4.78 is 18.0. The largest absolute Gasteiger partial charge is 0.494 e. The average Bonchev–Trinajstić information content (AvgIpc) is 3.23. The highest BCUT2D eigenvalue weighted by Gasteiger charge is 2.20. The molecule has 1 aromatic carbocycles. The Morgan fingerprint density at radius 3 is 2.67 bits per heavy atom. The summed E-state index contributed by atoms with van der Waals surface area (Å²) in [6, 6.07) is 6.88. The number of ketones is 1. The molecule has 0 aliphatic heterocycles. The zero-order chi connectivity index (χ0) is 21.9. The number of aromatic nitrogens is 2. The van der Waals surface area contributed by atoms with E-state index < -0.39 is 7.14 Å². The summed E-state index contributed by atoms with van der Waals surface area (Å²) in [5, 5.41) is 8.48. The zero-order valence-electron chi connectivity index (χ0n) is 17.0. The number of hydrogen-bond acceptors (Lipinski definition) is 9. The van der Waals surface area contributed by atoms with E-state index in [1.54, 1.807) is 31.7 Å². The molecule has 0 radical (unpaired) electrons. The van der Waals surface area contributed by atoms with E-state index in [1.165, 1.54) is 30.7 Å². The van der Waals surface area contributed by atoms with Crippen LogP contribution in [0.2, 0.25) is 0 Å². The number of rotatable bonds is 8. The first kappa shape index (κ1) is 21.8. The van der Waals surface area contributed by atoms with Crippen molar-refractivity contribution in [3.63, 3.8) is 0 Å². The minimum Gasteiger partial charge on any atom is -0.494 e. The fourth-order valence-electron chi connectivity index (χ4n) is 2.82. The summed E-state index contributed by atoms with van der Waals surface area (Å²) in [7, 11) is -0.946. The Labute approximate surface area is 178 Å². The number of Topliss-reactive ketones (excluding diaryl/α,β-unsaturated/α-hetero) is 1. The summed E-state index contributed by atoms with van der Waals surface area (Å²) in [5.41, 5.74) is 2.63. The number of carbonyl (C=O) groups excluding carboxylic acids is 1. The van der Waals surface area contributed by atoms with E-state index in [1.807, 2.05) is 12.1 Å². The molecule has 3 rings (SSSR count). The van der Waals surface area contributed by atoms with Gasteiger partial charge in [-0.25, -0.2) is 9.97 Å². The normalized spacial score (nSPS) is 11.2. The first-order valence-electron chi connectivity index (χ1n) is 9.10. The van der Waals surface area contributed by atoms with Gasteiger partial charge in [-0.1, -0.05) is 13.0 Å². The molecule has 0 amide bonds. The van der Waals surface area contributed by atoms with E-state index >= 15 is 0 Å². The van der Waals surface area contributed by atoms with E-state index in [0.717, 1.165) is 5.56 Å². The van der Waals surface area contributed by atoms with Crippen LogP contribution in [0.1, 0.15) is 23.7 Å². The number of hydrogen-bond donors (Lipinski definition) is 1. The molecule has 0 aliphatic carbocycles. The first-order valence-corrected chi connectivity index (χ1v) is 12.6. The lowest BCUT2D eigenvalue weighted by Crippen LogP contribution is -2.05. The maximum absolute atomic E-state index is 12.3. The van der Waals surface area contributed by atoms with Gasteiger partial charge in [0.05, 0.1) is 29.6 Å². The Balaban J connectivity index is 2.08. The molecule has 0 bridgehead atoms. The molecule has 3 aromatic rings. The average molecular weight is 444 g/mol. The molecule has 2 aromatic heterocycles. The highest BCUT2D eigenvalue weighted by Crippen LogP contribution is 2.41. The highest BCUT2D eigenvalue weighted by atomic mass is 32.1. The number of methoxy groups -OCH3 is 1. The van der Waals surface area contributed by atoms with Crippen LogP contribution < -0.4 is 15.5 Å². The van der Waals surface area contributed by atoms with E-state index in [9.17, 15) is 14.3 Å². The molecule has 0 fully saturated rings. The number of para-hydroxylation sites is 1. The lowest BCUT2D eigenvalue weighted by molar-refractivity contribution is 0.0988. The van der Waals surface area contributed by atoms with Crippen LogP contribution in [-0.2, 0) is 4.57 Å². The van der Waals surface area contributed by atoms with E-state index in [0.29, 0.717) is 33.1 Å². The van der Waals surface area contributed by atoms with Gasteiger partial charge in [-0.05, 0) is 30.6 Å². The number of carbonyl (C=O) groups is 1. The maximum Gasteiger partial charge on any atom is 0.198 e. The van der Waals surface area contributed by atoms with E-state index in [-0.39, 0.29) is 18.0 Å². The zero-order valence-corrected chi connectivity index (χ0v) is 18.7. The second-order valence-electron chi connectivity index (χ2n) is 6.83. The van der Waals surface area contributed by atoms with Crippen molar-refractivity contribution in [2.45, 2.75) is 13.3 Å². The minimum absolute atomic E-state index is 0.0357. The number of thiazole rings is 1. The van der Waals surface area contributed by atoms with Gasteiger partial charge in [0.25, 0.3) is 0 Å². The lowest BCUT2D eigenvalue weighted by Gasteiger charge is -2.16. The topological polar surface area (TPSA) is 111 Å². The maximum atomic E-state index is 12.3. The Kier molecular flexibility index (Phi) is 6.43. The van der Waals surface area contributed by atoms with Gasteiger partial charge in [-0.2, -0.15) is 0 Å². The van der Waals surface area contributed by atoms with Crippen LogP contribution in [0.15, 0.2) is 41.0 Å². The van der Waals surface area contributed by atoms with Crippen molar-refractivity contribution < 1.29 is 14.1 Å². The van der Waals surface area contributed by atoms with Crippen LogP contribution in [0.3, 0.4) is 0 Å². The summed E-state index contributed by atoms with van der Waals surface area (Å²) in [4.78, 5) is 31.7. The summed E-state index contributed by atoms with van der Waals surface area (Å²) in [6.45, 7) is 5.10. The van der Waals surface area contributed by atoms with Crippen molar-refractivity contribution in [1.82, 2.24) is 9.97 Å². The first-order chi connectivity index (χ1) is 14.3. The summed E-state index contributed by atoms with van der Waals surface area (Å²) in [5.74, 6) is 0.350. The van der Waals surface area contributed by atoms with Crippen molar-refractivity contribution in [2.24, 2.45) is 5.18 Å². The van der Waals surface area contributed by atoms with Gasteiger partial charge in [-0.3, -0.25) is 4.79 Å². The molecule has 0 unspecified atom stereocenters. The monoisotopic (exact) mass is 444 g/mol. The number of pyridine rings is 1. The molecule has 30 heavy (non-hydrogen) atoms. The Morgan fingerprint density at radius 2 is 2.07 bits per heavy atom. The van der Waals surface area contributed by atoms with Gasteiger partial charge in [0, 0.05) is 24.1 Å². The number of nitrogens with one attached hydrogen (secondary N) is 1. The fourth-order valence-corrected chi connectivity index (χ4v) is 5.11. The van der Waals surface area contributed by atoms with Crippen molar-refractivity contribution in [3.8, 4) is 16.3 Å². The summed E-state index contributed by atoms with van der Waals surface area (Å²) in [6.07, 6.45) is 1.63. The van der Waals surface area contributed by atoms with Crippen LogP contribution in [0, 0.1) is 4.91 Å². The molecular formula is C20H21N4O4PS. The quantitative estimate of drug-likeness (QED) is 0.289. The molecule has 0 saturated heterocycles. The van der Waals surface area contributed by atoms with Gasteiger partial charge < -0.3 is 14.6 Å². The number of nitrogens with zero attached hydrogens (tertiary/aromatic N) is 3. The smallest absolute Gasteiger partial charge is 0.198 e. The number of ether oxygens (including phenoxy) is 1. The molecule has 156 valence electrons. The Hall–Kier alpha value is -2.90. The number of anilines is 2. The minimum atomic E-state index is -2.48. The van der Waals surface area contributed by atoms with Gasteiger partial charge in [-0.15, -0.1) is 16.2 Å². The third-order valence-electron chi connectivity index (χ3n) is 4.37. The molecule has 0 atom stereocenters. The van der Waals surface area contributed by atoms with Crippen molar-refractivity contribution in [1.29, 1.82) is 0 Å². The third-order valence-corrected chi connectivity index (χ3v) is 6.75. The van der Waals surface area contributed by atoms with Crippen LogP contribution in [-0.4, -0.2) is 36.2 Å². The standard InChI is InChI=1S/C20H21N4O4PS/c1-5-16(25)13-10-21-17(24-26)9-15(13)22-14-8-6-7-12(19(14)28-2)20-23-18(11-30-20)29(3,4)27/h6-11H,5H2,1-4H3,(H,21,22). The molecule has 10 heteroatoms. The highest BCUT2D eigenvalue weighted by molar-refractivity contribution is 7.70. The van der Waals surface area contributed by atoms with Crippen LogP contribution >= 0.6 is 18.5 Å². The van der Waals surface area contributed by atoms with Crippen LogP contribution in [0.5, 0.6) is 5.75 Å². The van der Waals surface area contributed by atoms with Crippen LogP contribution in [0.25, 0.3) is 10.6 Å². The molecule has 0 saturated carbocycles. The van der Waals surface area contributed by atoms with Gasteiger partial charge in [0.15, 0.2) is 17.4 Å². The lowest BCUT2D eigenvalue weighted by atomic mass is 10.1. The predicted octanol–water partition coefficient (Wildman–Crippen LogP) is 5.20. The van der Waals surface area contributed by atoms with E-state index in [4.69, 9.17) is 4.74 Å².